The van der Waals surface area contributed by atoms with Gasteiger partial charge in [0, 0.05) is 18.5 Å². The molecule has 1 aromatic carbocycles. The van der Waals surface area contributed by atoms with Gasteiger partial charge in [0.1, 0.15) is 5.82 Å². The van der Waals surface area contributed by atoms with Crippen molar-refractivity contribution in [3.05, 3.63) is 34.9 Å². The van der Waals surface area contributed by atoms with E-state index in [4.69, 9.17) is 22.3 Å². The number of carbonyl (C=O) groups is 1. The summed E-state index contributed by atoms with van der Waals surface area (Å²) in [5, 5.41) is 14.9. The third-order valence-corrected chi connectivity index (χ3v) is 7.87. The molecule has 2 heterocycles. The van der Waals surface area contributed by atoms with E-state index in [1.807, 2.05) is 18.2 Å². The van der Waals surface area contributed by atoms with Gasteiger partial charge < -0.3 is 21.1 Å². The van der Waals surface area contributed by atoms with Gasteiger partial charge in [-0.05, 0) is 68.7 Å². The van der Waals surface area contributed by atoms with Gasteiger partial charge in [-0.15, -0.1) is 0 Å². The Hall–Kier alpha value is -1.89. The first-order valence-corrected chi connectivity index (χ1v) is 12.2. The third kappa shape index (κ3) is 4.33. The molecule has 4 atom stereocenters. The number of benzene rings is 1. The fourth-order valence-electron chi connectivity index (χ4n) is 5.69. The number of aliphatic hydroxyl groups is 1. The molecule has 1 saturated heterocycles. The zero-order valence-corrected chi connectivity index (χ0v) is 20.1. The number of hydrogen-bond donors (Lipinski definition) is 3. The van der Waals surface area contributed by atoms with Gasteiger partial charge in [0.15, 0.2) is 0 Å². The average Bonchev–Trinajstić information content (AvgIpc) is 3.05. The molecule has 2 aromatic rings. The smallest absolute Gasteiger partial charge is 0.253 e. The number of pyridine rings is 1. The Bertz CT molecular complexity index is 1010. The maximum absolute atomic E-state index is 13.1. The summed E-state index contributed by atoms with van der Waals surface area (Å²) in [6.07, 6.45) is 5.58. The molecule has 32 heavy (non-hydrogen) atoms. The molecule has 2 aliphatic rings. The van der Waals surface area contributed by atoms with Crippen molar-refractivity contribution in [1.29, 1.82) is 0 Å². The van der Waals surface area contributed by atoms with Crippen LogP contribution in [0, 0.1) is 11.8 Å². The minimum absolute atomic E-state index is 0.228. The van der Waals surface area contributed by atoms with Crippen LogP contribution in [0.2, 0.25) is 5.02 Å². The van der Waals surface area contributed by atoms with E-state index in [1.165, 1.54) is 0 Å². The monoisotopic (exact) mass is 458 g/mol. The molecule has 174 valence electrons. The van der Waals surface area contributed by atoms with Crippen LogP contribution < -0.4 is 16.0 Å². The van der Waals surface area contributed by atoms with Crippen LogP contribution in [0.4, 0.5) is 5.82 Å². The van der Waals surface area contributed by atoms with Crippen molar-refractivity contribution < 1.29 is 9.90 Å². The summed E-state index contributed by atoms with van der Waals surface area (Å²) in [5.41, 5.74) is 6.47. The van der Waals surface area contributed by atoms with Crippen LogP contribution in [0.1, 0.15) is 69.7 Å². The fourth-order valence-corrected chi connectivity index (χ4v) is 5.94. The van der Waals surface area contributed by atoms with E-state index in [0.29, 0.717) is 46.2 Å². The van der Waals surface area contributed by atoms with E-state index in [1.54, 1.807) is 6.07 Å². The molecule has 7 heteroatoms. The van der Waals surface area contributed by atoms with Gasteiger partial charge in [0.05, 0.1) is 27.4 Å². The Morgan fingerprint density at radius 1 is 1.34 bits per heavy atom. The molecular formula is C25H35ClN4O2. The number of carbonyl (C=O) groups excluding carboxylic acids is 1. The van der Waals surface area contributed by atoms with E-state index < -0.39 is 11.3 Å². The van der Waals surface area contributed by atoms with Crippen molar-refractivity contribution >= 4 is 34.2 Å². The Balaban J connectivity index is 1.59. The topological polar surface area (TPSA) is 91.5 Å². The van der Waals surface area contributed by atoms with Gasteiger partial charge in [-0.25, -0.2) is 4.98 Å². The lowest BCUT2D eigenvalue weighted by molar-refractivity contribution is -0.0109. The van der Waals surface area contributed by atoms with E-state index in [2.05, 4.69) is 31.0 Å². The number of nitrogens with zero attached hydrogens (tertiary/aromatic N) is 2. The number of fused-ring (bicyclic) bond motifs is 1. The summed E-state index contributed by atoms with van der Waals surface area (Å²) in [7, 11) is 0. The molecule has 1 aliphatic heterocycles. The number of aromatic nitrogens is 1. The van der Waals surface area contributed by atoms with Crippen molar-refractivity contribution in [2.24, 2.45) is 17.6 Å². The molecule has 2 fully saturated rings. The van der Waals surface area contributed by atoms with Gasteiger partial charge in [-0.2, -0.15) is 0 Å². The van der Waals surface area contributed by atoms with Crippen LogP contribution in [0.3, 0.4) is 0 Å². The van der Waals surface area contributed by atoms with E-state index in [9.17, 15) is 9.90 Å². The predicted molar refractivity (Wildman–Crippen MR) is 130 cm³/mol. The highest BCUT2D eigenvalue weighted by atomic mass is 35.5. The molecule has 1 aliphatic carbocycles. The standard InChI is InChI=1S/C25H35ClN4O2/c1-4-17-11-13-30(24(17,3)27)21-10-7-18-20(29-21)9-8-19(26)22(18)23(31)28-15-25(32)12-5-6-16(2)14-25/h7-10,16-17,32H,4-6,11-15,27H2,1-3H3,(H,28,31)/t16-,17?,24?,25-/m0/s1. The number of nitrogens with one attached hydrogen (secondary N) is 1. The molecule has 1 aromatic heterocycles. The van der Waals surface area contributed by atoms with Gasteiger partial charge in [-0.1, -0.05) is 38.3 Å². The number of anilines is 1. The first-order valence-electron chi connectivity index (χ1n) is 11.8. The second-order valence-corrected chi connectivity index (χ2v) is 10.4. The van der Waals surface area contributed by atoms with E-state index in [-0.39, 0.29) is 12.5 Å². The molecule has 1 amide bonds. The molecule has 1 saturated carbocycles. The molecule has 4 N–H and O–H groups in total. The van der Waals surface area contributed by atoms with Crippen LogP contribution in [0.5, 0.6) is 0 Å². The third-order valence-electron chi connectivity index (χ3n) is 7.56. The first-order chi connectivity index (χ1) is 15.1. The summed E-state index contributed by atoms with van der Waals surface area (Å²) in [5.74, 6) is 1.41. The number of hydrogen-bond acceptors (Lipinski definition) is 5. The van der Waals surface area contributed by atoms with Crippen LogP contribution in [0.15, 0.2) is 24.3 Å². The van der Waals surface area contributed by atoms with Crippen LogP contribution in [-0.2, 0) is 0 Å². The van der Waals surface area contributed by atoms with Crippen molar-refractivity contribution in [1.82, 2.24) is 10.3 Å². The highest BCUT2D eigenvalue weighted by Crippen LogP contribution is 2.37. The molecule has 0 spiro atoms. The maximum atomic E-state index is 13.1. The molecule has 4 rings (SSSR count). The fraction of sp³-hybridized carbons (Fsp3) is 0.600. The number of rotatable bonds is 5. The van der Waals surface area contributed by atoms with Crippen LogP contribution >= 0.6 is 11.6 Å². The minimum atomic E-state index is -0.854. The lowest BCUT2D eigenvalue weighted by Gasteiger charge is -2.36. The lowest BCUT2D eigenvalue weighted by Crippen LogP contribution is -2.53. The summed E-state index contributed by atoms with van der Waals surface area (Å²) >= 11 is 6.45. The first kappa shape index (κ1) is 23.3. The van der Waals surface area contributed by atoms with Crippen molar-refractivity contribution in [2.45, 2.75) is 70.6 Å². The maximum Gasteiger partial charge on any atom is 0.253 e. The normalized spacial score (nSPS) is 30.6. The number of halogens is 1. The zero-order valence-electron chi connectivity index (χ0n) is 19.3. The van der Waals surface area contributed by atoms with Crippen molar-refractivity contribution in [3.8, 4) is 0 Å². The number of amides is 1. The van der Waals surface area contributed by atoms with Gasteiger partial charge in [-0.3, -0.25) is 4.79 Å². The molecule has 6 nitrogen and oxygen atoms in total. The highest BCUT2D eigenvalue weighted by Gasteiger charge is 2.41. The Morgan fingerprint density at radius 2 is 2.12 bits per heavy atom. The van der Waals surface area contributed by atoms with Crippen LogP contribution in [-0.4, -0.2) is 40.4 Å². The second kappa shape index (κ2) is 8.81. The molecular weight excluding hydrogens is 424 g/mol. The highest BCUT2D eigenvalue weighted by molar-refractivity contribution is 6.35. The van der Waals surface area contributed by atoms with E-state index in [0.717, 1.165) is 38.0 Å². The predicted octanol–water partition coefficient (Wildman–Crippen LogP) is 4.47. The van der Waals surface area contributed by atoms with Gasteiger partial charge in [0.25, 0.3) is 5.91 Å². The van der Waals surface area contributed by atoms with E-state index >= 15 is 0 Å². The summed E-state index contributed by atoms with van der Waals surface area (Å²) in [6.45, 7) is 7.47. The zero-order chi connectivity index (χ0) is 23.1. The molecule has 0 radical (unpaired) electrons. The van der Waals surface area contributed by atoms with Crippen molar-refractivity contribution in [2.75, 3.05) is 18.0 Å². The Morgan fingerprint density at radius 3 is 2.81 bits per heavy atom. The molecule has 2 unspecified atom stereocenters. The average molecular weight is 459 g/mol. The molecule has 0 bridgehead atoms. The Kier molecular flexibility index (Phi) is 6.40. The largest absolute Gasteiger partial charge is 0.388 e. The minimum Gasteiger partial charge on any atom is -0.388 e. The lowest BCUT2D eigenvalue weighted by atomic mass is 9.79. The quantitative estimate of drug-likeness (QED) is 0.614. The number of nitrogens with two attached hydrogens (primary N) is 1. The van der Waals surface area contributed by atoms with Crippen LogP contribution in [0.25, 0.3) is 10.9 Å². The van der Waals surface area contributed by atoms with Crippen molar-refractivity contribution in [3.63, 3.8) is 0 Å². The SMILES string of the molecule is CCC1CCN(c2ccc3c(C(=O)NC[C@]4(O)CCC[C@H](C)C4)c(Cl)ccc3n2)C1(C)N. The second-order valence-electron chi connectivity index (χ2n) is 10.0. The summed E-state index contributed by atoms with van der Waals surface area (Å²) in [6, 6.07) is 7.39. The summed E-state index contributed by atoms with van der Waals surface area (Å²) in [4.78, 5) is 20.1. The summed E-state index contributed by atoms with van der Waals surface area (Å²) < 4.78 is 0. The Labute approximate surface area is 195 Å². The van der Waals surface area contributed by atoms with Gasteiger partial charge in [0.2, 0.25) is 0 Å². The van der Waals surface area contributed by atoms with Gasteiger partial charge >= 0.3 is 0 Å².